The molecule has 1 fully saturated rings. The highest BCUT2D eigenvalue weighted by Gasteiger charge is 2.42. The lowest BCUT2D eigenvalue weighted by Gasteiger charge is -2.35. The number of dihydropyridines is 1. The number of carbonyl (C=O) groups is 3. The Morgan fingerprint density at radius 3 is 2.02 bits per heavy atom. The summed E-state index contributed by atoms with van der Waals surface area (Å²) in [4.78, 5) is 45.2. The summed E-state index contributed by atoms with van der Waals surface area (Å²) in [6.07, 6.45) is -0.0966. The van der Waals surface area contributed by atoms with Gasteiger partial charge in [-0.05, 0) is 31.3 Å². The fourth-order valence-electron chi connectivity index (χ4n) is 4.83. The number of ether oxygens (including phenoxy) is 2. The van der Waals surface area contributed by atoms with Gasteiger partial charge in [0.25, 0.3) is 0 Å². The van der Waals surface area contributed by atoms with E-state index in [1.807, 2.05) is 37.4 Å². The number of likely N-dealkylation sites (N-methyl/N-ethyl adjacent to an activating group) is 1. The fourth-order valence-corrected chi connectivity index (χ4v) is 6.34. The van der Waals surface area contributed by atoms with Crippen LogP contribution in [-0.4, -0.2) is 80.8 Å². The molecule has 0 bridgehead atoms. The topological polar surface area (TPSA) is 88.2 Å². The first-order valence-electron chi connectivity index (χ1n) is 12.7. The third-order valence-electron chi connectivity index (χ3n) is 6.94. The van der Waals surface area contributed by atoms with E-state index in [9.17, 15) is 14.4 Å². The molecular weight excluding hydrogens is 573 g/mol. The maximum absolute atomic E-state index is 13.5. The number of hydrogen-bond donors (Lipinski definition) is 1. The lowest BCUT2D eigenvalue weighted by Crippen LogP contribution is -2.47. The van der Waals surface area contributed by atoms with Crippen LogP contribution in [0.1, 0.15) is 17.9 Å². The Morgan fingerprint density at radius 2 is 1.45 bits per heavy atom. The molecule has 2 aliphatic rings. The van der Waals surface area contributed by atoms with Gasteiger partial charge in [0.1, 0.15) is 0 Å². The van der Waals surface area contributed by atoms with Crippen LogP contribution in [0.4, 0.5) is 0 Å². The van der Waals surface area contributed by atoms with Gasteiger partial charge >= 0.3 is 11.9 Å². The molecule has 40 heavy (non-hydrogen) atoms. The van der Waals surface area contributed by atoms with E-state index < -0.39 is 17.9 Å². The van der Waals surface area contributed by atoms with Crippen molar-refractivity contribution in [3.05, 3.63) is 86.7 Å². The number of nitrogens with zero attached hydrogens (tertiary/aromatic N) is 2. The number of methoxy groups -OCH3 is 2. The highest BCUT2D eigenvalue weighted by molar-refractivity contribution is 7.99. The van der Waals surface area contributed by atoms with Crippen LogP contribution in [0, 0.1) is 0 Å². The standard InChI is InChI=1S/C29H31Cl2N3O5S/c1-33-12-14-34(15-13-33)23(35)16-21-25(28(36)38-2)27(24-19(30)10-7-11-20(24)31)26(29(37)39-3)22(32-21)17-40-18-8-5-4-6-9-18/h4-11,27,32H,12-17H2,1-3H3. The Kier molecular flexibility index (Phi) is 10.2. The molecule has 2 aromatic carbocycles. The minimum atomic E-state index is -1.02. The van der Waals surface area contributed by atoms with Crippen LogP contribution in [0.3, 0.4) is 0 Å². The van der Waals surface area contributed by atoms with Crippen molar-refractivity contribution in [1.29, 1.82) is 0 Å². The van der Waals surface area contributed by atoms with Crippen molar-refractivity contribution in [3.8, 4) is 0 Å². The largest absolute Gasteiger partial charge is 0.466 e. The zero-order chi connectivity index (χ0) is 28.8. The van der Waals surface area contributed by atoms with Crippen molar-refractivity contribution in [2.45, 2.75) is 17.2 Å². The Morgan fingerprint density at radius 1 is 0.875 bits per heavy atom. The molecule has 4 rings (SSSR count). The van der Waals surface area contributed by atoms with E-state index >= 15 is 0 Å². The van der Waals surface area contributed by atoms with Crippen LogP contribution >= 0.6 is 35.0 Å². The van der Waals surface area contributed by atoms with Gasteiger partial charge in [-0.1, -0.05) is 47.5 Å². The summed E-state index contributed by atoms with van der Waals surface area (Å²) >= 11 is 14.8. The Hall–Kier alpha value is -2.98. The van der Waals surface area contributed by atoms with Crippen LogP contribution in [-0.2, 0) is 23.9 Å². The van der Waals surface area contributed by atoms with Crippen LogP contribution in [0.2, 0.25) is 10.0 Å². The van der Waals surface area contributed by atoms with Gasteiger partial charge in [-0.25, -0.2) is 9.59 Å². The predicted octanol–water partition coefficient (Wildman–Crippen LogP) is 4.49. The van der Waals surface area contributed by atoms with Crippen molar-refractivity contribution in [2.24, 2.45) is 0 Å². The van der Waals surface area contributed by atoms with Crippen molar-refractivity contribution in [1.82, 2.24) is 15.1 Å². The third-order valence-corrected chi connectivity index (χ3v) is 8.64. The molecule has 2 heterocycles. The number of halogens is 2. The first kappa shape index (κ1) is 30.0. The maximum atomic E-state index is 13.5. The zero-order valence-corrected chi connectivity index (χ0v) is 24.9. The van der Waals surface area contributed by atoms with E-state index in [-0.39, 0.29) is 33.5 Å². The monoisotopic (exact) mass is 603 g/mol. The molecule has 2 aliphatic heterocycles. The fraction of sp³-hybridized carbons (Fsp3) is 0.345. The van der Waals surface area contributed by atoms with E-state index in [0.29, 0.717) is 35.8 Å². The van der Waals surface area contributed by atoms with Gasteiger partial charge in [0.2, 0.25) is 5.91 Å². The second-order valence-corrected chi connectivity index (χ2v) is 11.3. The molecule has 0 aromatic heterocycles. The number of thioether (sulfide) groups is 1. The van der Waals surface area contributed by atoms with E-state index in [1.165, 1.54) is 26.0 Å². The number of piperazine rings is 1. The molecular formula is C29H31Cl2N3O5S. The molecule has 1 saturated heterocycles. The van der Waals surface area contributed by atoms with Gasteiger partial charge in [0, 0.05) is 63.8 Å². The molecule has 1 atom stereocenters. The van der Waals surface area contributed by atoms with Crippen LogP contribution in [0.5, 0.6) is 0 Å². The second-order valence-electron chi connectivity index (χ2n) is 9.42. The average molecular weight is 605 g/mol. The van der Waals surface area contributed by atoms with Gasteiger partial charge in [0.05, 0.1) is 37.7 Å². The maximum Gasteiger partial charge on any atom is 0.336 e. The molecule has 2 aromatic rings. The Bertz CT molecular complexity index is 1320. The SMILES string of the molecule is COC(=O)C1=C(CSc2ccccc2)NC(CC(=O)N2CCN(C)CC2)=C(C(=O)OC)C1c1c(Cl)cccc1Cl. The minimum Gasteiger partial charge on any atom is -0.466 e. The second kappa shape index (κ2) is 13.6. The minimum absolute atomic E-state index is 0.0915. The summed E-state index contributed by atoms with van der Waals surface area (Å²) in [5.74, 6) is -2.19. The summed E-state index contributed by atoms with van der Waals surface area (Å²) in [6, 6.07) is 14.7. The van der Waals surface area contributed by atoms with Crippen LogP contribution in [0.15, 0.2) is 76.0 Å². The average Bonchev–Trinajstić information content (AvgIpc) is 2.96. The van der Waals surface area contributed by atoms with Crippen molar-refractivity contribution >= 4 is 52.8 Å². The first-order valence-corrected chi connectivity index (χ1v) is 14.5. The lowest BCUT2D eigenvalue weighted by molar-refractivity contribution is -0.137. The smallest absolute Gasteiger partial charge is 0.336 e. The Labute approximate surface area is 248 Å². The lowest BCUT2D eigenvalue weighted by atomic mass is 9.79. The number of esters is 2. The zero-order valence-electron chi connectivity index (χ0n) is 22.5. The molecule has 1 unspecified atom stereocenters. The van der Waals surface area contributed by atoms with Gasteiger partial charge in [0.15, 0.2) is 0 Å². The van der Waals surface area contributed by atoms with E-state index in [2.05, 4.69) is 10.2 Å². The number of amides is 1. The molecule has 0 saturated carbocycles. The van der Waals surface area contributed by atoms with E-state index in [0.717, 1.165) is 18.0 Å². The summed E-state index contributed by atoms with van der Waals surface area (Å²) in [6.45, 7) is 2.67. The molecule has 8 nitrogen and oxygen atoms in total. The number of benzene rings is 2. The van der Waals surface area contributed by atoms with Crippen molar-refractivity contribution < 1.29 is 23.9 Å². The van der Waals surface area contributed by atoms with E-state index in [1.54, 1.807) is 23.1 Å². The van der Waals surface area contributed by atoms with Crippen LogP contribution in [0.25, 0.3) is 0 Å². The quantitative estimate of drug-likeness (QED) is 0.349. The van der Waals surface area contributed by atoms with Gasteiger partial charge in [-0.3, -0.25) is 4.79 Å². The van der Waals surface area contributed by atoms with E-state index in [4.69, 9.17) is 32.7 Å². The first-order chi connectivity index (χ1) is 19.2. The molecule has 212 valence electrons. The molecule has 1 N–H and O–H groups in total. The Balaban J connectivity index is 1.86. The normalized spacial score (nSPS) is 17.9. The van der Waals surface area contributed by atoms with Gasteiger partial charge < -0.3 is 24.6 Å². The van der Waals surface area contributed by atoms with Crippen molar-refractivity contribution in [2.75, 3.05) is 53.2 Å². The number of rotatable bonds is 8. The van der Waals surface area contributed by atoms with Gasteiger partial charge in [-0.15, -0.1) is 11.8 Å². The van der Waals surface area contributed by atoms with Crippen LogP contribution < -0.4 is 5.32 Å². The summed E-state index contributed by atoms with van der Waals surface area (Å²) in [5, 5.41) is 3.80. The predicted molar refractivity (Wildman–Crippen MR) is 156 cm³/mol. The molecule has 11 heteroatoms. The molecule has 0 spiro atoms. The molecule has 0 radical (unpaired) electrons. The summed E-state index contributed by atoms with van der Waals surface area (Å²) in [7, 11) is 4.54. The summed E-state index contributed by atoms with van der Waals surface area (Å²) in [5.41, 5.74) is 1.47. The third kappa shape index (κ3) is 6.66. The molecule has 1 amide bonds. The highest BCUT2D eigenvalue weighted by Crippen LogP contribution is 2.46. The van der Waals surface area contributed by atoms with Crippen molar-refractivity contribution in [3.63, 3.8) is 0 Å². The summed E-state index contributed by atoms with van der Waals surface area (Å²) < 4.78 is 10.4. The number of nitrogens with one attached hydrogen (secondary N) is 1. The molecule has 0 aliphatic carbocycles. The van der Waals surface area contributed by atoms with Gasteiger partial charge in [-0.2, -0.15) is 0 Å². The number of carbonyl (C=O) groups excluding carboxylic acids is 3. The highest BCUT2D eigenvalue weighted by atomic mass is 35.5. The number of hydrogen-bond acceptors (Lipinski definition) is 8.